The maximum Gasteiger partial charge on any atom is 0.205 e. The van der Waals surface area contributed by atoms with Gasteiger partial charge < -0.3 is 5.73 Å². The van der Waals surface area contributed by atoms with Crippen LogP contribution < -0.4 is 5.73 Å². The Labute approximate surface area is 113 Å². The molecule has 1 heterocycles. The summed E-state index contributed by atoms with van der Waals surface area (Å²) in [6, 6.07) is 7.40. The van der Waals surface area contributed by atoms with Crippen LogP contribution in [-0.2, 0) is 0 Å². The second-order valence-corrected chi connectivity index (χ2v) is 6.36. The lowest BCUT2D eigenvalue weighted by atomic mass is 10.0. The third kappa shape index (κ3) is 2.42. The van der Waals surface area contributed by atoms with E-state index in [-0.39, 0.29) is 5.78 Å². The number of benzene rings is 1. The smallest absolute Gasteiger partial charge is 0.205 e. The fraction of sp³-hybridized carbons (Fsp3) is 0.154. The van der Waals surface area contributed by atoms with Crippen LogP contribution >= 0.6 is 27.3 Å². The molecule has 4 heteroatoms. The molecule has 1 aromatic heterocycles. The highest BCUT2D eigenvalue weighted by Gasteiger charge is 2.15. The van der Waals surface area contributed by atoms with Crippen LogP contribution in [0.4, 0.5) is 5.69 Å². The number of aryl methyl sites for hydroxylation is 2. The van der Waals surface area contributed by atoms with Gasteiger partial charge in [-0.25, -0.2) is 0 Å². The predicted octanol–water partition coefficient (Wildman–Crippen LogP) is 3.94. The molecule has 0 bridgehead atoms. The summed E-state index contributed by atoms with van der Waals surface area (Å²) in [5, 5.41) is 0. The van der Waals surface area contributed by atoms with Crippen LogP contribution in [0.1, 0.15) is 26.4 Å². The number of halogens is 1. The number of hydrogen-bond acceptors (Lipinski definition) is 3. The van der Waals surface area contributed by atoms with Crippen molar-refractivity contribution in [1.29, 1.82) is 0 Å². The number of hydrogen-bond donors (Lipinski definition) is 1. The zero-order chi connectivity index (χ0) is 12.6. The van der Waals surface area contributed by atoms with Gasteiger partial charge in [0.25, 0.3) is 0 Å². The first-order chi connectivity index (χ1) is 7.99. The summed E-state index contributed by atoms with van der Waals surface area (Å²) in [5.41, 5.74) is 9.07. The van der Waals surface area contributed by atoms with Crippen LogP contribution in [0.25, 0.3) is 0 Å². The average Bonchev–Trinajstić information content (AvgIpc) is 2.62. The van der Waals surface area contributed by atoms with Gasteiger partial charge in [-0.3, -0.25) is 4.79 Å². The molecule has 0 fully saturated rings. The quantitative estimate of drug-likeness (QED) is 0.674. The van der Waals surface area contributed by atoms with Crippen LogP contribution in [0, 0.1) is 13.8 Å². The molecule has 0 saturated heterocycles. The third-order valence-electron chi connectivity index (χ3n) is 2.53. The van der Waals surface area contributed by atoms with E-state index in [4.69, 9.17) is 5.73 Å². The number of carbonyl (C=O) groups excluding carboxylic acids is 1. The first-order valence-electron chi connectivity index (χ1n) is 5.16. The summed E-state index contributed by atoms with van der Waals surface area (Å²) in [6.07, 6.45) is 0. The van der Waals surface area contributed by atoms with Crippen molar-refractivity contribution >= 4 is 38.7 Å². The van der Waals surface area contributed by atoms with E-state index < -0.39 is 0 Å². The molecule has 0 aliphatic carbocycles. The van der Waals surface area contributed by atoms with Gasteiger partial charge in [0, 0.05) is 11.3 Å². The Morgan fingerprint density at radius 3 is 2.59 bits per heavy atom. The first kappa shape index (κ1) is 12.3. The SMILES string of the molecule is Cc1ccc(N)c(C(=O)c2cc(C)c(Br)s2)c1. The standard InChI is InChI=1S/C13H12BrNOS/c1-7-3-4-10(15)9(5-7)12(16)11-6-8(2)13(14)17-11/h3-6H,15H2,1-2H3. The Morgan fingerprint density at radius 2 is 2.00 bits per heavy atom. The summed E-state index contributed by atoms with van der Waals surface area (Å²) in [5.74, 6) is -0.00926. The Morgan fingerprint density at radius 1 is 1.29 bits per heavy atom. The normalized spacial score (nSPS) is 10.5. The number of anilines is 1. The maximum atomic E-state index is 12.3. The lowest BCUT2D eigenvalue weighted by molar-refractivity contribution is 0.104. The second kappa shape index (κ2) is 4.63. The van der Waals surface area contributed by atoms with E-state index >= 15 is 0 Å². The molecule has 0 aliphatic rings. The monoisotopic (exact) mass is 309 g/mol. The molecule has 0 unspecified atom stereocenters. The largest absolute Gasteiger partial charge is 0.398 e. The van der Waals surface area contributed by atoms with Crippen LogP contribution in [0.15, 0.2) is 28.1 Å². The van der Waals surface area contributed by atoms with Crippen molar-refractivity contribution in [3.05, 3.63) is 49.6 Å². The molecule has 0 amide bonds. The fourth-order valence-electron chi connectivity index (χ4n) is 1.57. The first-order valence-corrected chi connectivity index (χ1v) is 6.76. The fourth-order valence-corrected chi connectivity index (χ4v) is 3.06. The van der Waals surface area contributed by atoms with Gasteiger partial charge in [-0.1, -0.05) is 11.6 Å². The number of thiophene rings is 1. The molecular weight excluding hydrogens is 298 g/mol. The molecular formula is C13H12BrNOS. The van der Waals surface area contributed by atoms with Crippen molar-refractivity contribution < 1.29 is 4.79 Å². The molecule has 2 nitrogen and oxygen atoms in total. The lowest BCUT2D eigenvalue weighted by Crippen LogP contribution is -2.03. The van der Waals surface area contributed by atoms with E-state index in [9.17, 15) is 4.79 Å². The van der Waals surface area contributed by atoms with Gasteiger partial charge in [0.05, 0.1) is 8.66 Å². The molecule has 2 aromatic rings. The molecule has 88 valence electrons. The highest BCUT2D eigenvalue weighted by molar-refractivity contribution is 9.11. The number of nitrogens with two attached hydrogens (primary N) is 1. The van der Waals surface area contributed by atoms with Crippen LogP contribution in [0.5, 0.6) is 0 Å². The van der Waals surface area contributed by atoms with Crippen molar-refractivity contribution in [3.63, 3.8) is 0 Å². The van der Waals surface area contributed by atoms with E-state index in [1.807, 2.05) is 32.0 Å². The van der Waals surface area contributed by atoms with Crippen LogP contribution in [-0.4, -0.2) is 5.78 Å². The second-order valence-electron chi connectivity index (χ2n) is 3.99. The van der Waals surface area contributed by atoms with Gasteiger partial charge in [0.1, 0.15) is 0 Å². The Kier molecular flexibility index (Phi) is 3.35. The van der Waals surface area contributed by atoms with Gasteiger partial charge in [-0.2, -0.15) is 0 Å². The Hall–Kier alpha value is -1.13. The summed E-state index contributed by atoms with van der Waals surface area (Å²) >= 11 is 4.87. The topological polar surface area (TPSA) is 43.1 Å². The van der Waals surface area contributed by atoms with Crippen molar-refractivity contribution in [2.75, 3.05) is 5.73 Å². The third-order valence-corrected chi connectivity index (χ3v) is 4.67. The minimum Gasteiger partial charge on any atom is -0.398 e. The van der Waals surface area contributed by atoms with Crippen molar-refractivity contribution in [1.82, 2.24) is 0 Å². The Balaban J connectivity index is 2.47. The van der Waals surface area contributed by atoms with E-state index in [0.29, 0.717) is 16.1 Å². The van der Waals surface area contributed by atoms with Crippen molar-refractivity contribution in [2.24, 2.45) is 0 Å². The van der Waals surface area contributed by atoms with Crippen LogP contribution in [0.3, 0.4) is 0 Å². The number of nitrogen functional groups attached to an aromatic ring is 1. The minimum atomic E-state index is -0.00926. The molecule has 1 aromatic carbocycles. The van der Waals surface area contributed by atoms with Gasteiger partial charge in [0.15, 0.2) is 0 Å². The number of carbonyl (C=O) groups is 1. The highest BCUT2D eigenvalue weighted by Crippen LogP contribution is 2.30. The number of ketones is 1. The van der Waals surface area contributed by atoms with E-state index in [2.05, 4.69) is 15.9 Å². The van der Waals surface area contributed by atoms with E-state index in [1.165, 1.54) is 11.3 Å². The molecule has 2 rings (SSSR count). The molecule has 0 spiro atoms. The average molecular weight is 310 g/mol. The maximum absolute atomic E-state index is 12.3. The molecule has 0 radical (unpaired) electrons. The Bertz CT molecular complexity index is 570. The highest BCUT2D eigenvalue weighted by atomic mass is 79.9. The van der Waals surface area contributed by atoms with E-state index in [0.717, 1.165) is 14.9 Å². The van der Waals surface area contributed by atoms with Crippen molar-refractivity contribution in [2.45, 2.75) is 13.8 Å². The zero-order valence-electron chi connectivity index (χ0n) is 9.58. The molecule has 0 aliphatic heterocycles. The van der Waals surface area contributed by atoms with Crippen LogP contribution in [0.2, 0.25) is 0 Å². The van der Waals surface area contributed by atoms with Gasteiger partial charge in [-0.15, -0.1) is 11.3 Å². The molecule has 0 saturated carbocycles. The summed E-state index contributed by atoms with van der Waals surface area (Å²) in [4.78, 5) is 13.0. The summed E-state index contributed by atoms with van der Waals surface area (Å²) in [6.45, 7) is 3.92. The van der Waals surface area contributed by atoms with E-state index in [1.54, 1.807) is 6.07 Å². The molecule has 2 N–H and O–H groups in total. The predicted molar refractivity (Wildman–Crippen MR) is 75.8 cm³/mol. The van der Waals surface area contributed by atoms with Gasteiger partial charge in [0.2, 0.25) is 5.78 Å². The lowest BCUT2D eigenvalue weighted by Gasteiger charge is -2.04. The number of rotatable bonds is 2. The molecule has 17 heavy (non-hydrogen) atoms. The van der Waals surface area contributed by atoms with Crippen molar-refractivity contribution in [3.8, 4) is 0 Å². The summed E-state index contributed by atoms with van der Waals surface area (Å²) < 4.78 is 0.993. The van der Waals surface area contributed by atoms with Gasteiger partial charge in [-0.05, 0) is 53.5 Å². The summed E-state index contributed by atoms with van der Waals surface area (Å²) in [7, 11) is 0. The minimum absolute atomic E-state index is 0.00926. The molecule has 0 atom stereocenters. The zero-order valence-corrected chi connectivity index (χ0v) is 12.0. The van der Waals surface area contributed by atoms with Gasteiger partial charge >= 0.3 is 0 Å².